The van der Waals surface area contributed by atoms with Gasteiger partial charge in [0.05, 0.1) is 14.2 Å². The smallest absolute Gasteiger partial charge is 0.224 e. The van der Waals surface area contributed by atoms with Crippen molar-refractivity contribution in [1.82, 2.24) is 0 Å². The molecule has 2 aromatic carbocycles. The quantitative estimate of drug-likeness (QED) is 0.886. The van der Waals surface area contributed by atoms with Crippen LogP contribution in [0.5, 0.6) is 11.5 Å². The fourth-order valence-corrected chi connectivity index (χ4v) is 2.08. The number of carbonyl (C=O) groups is 1. The van der Waals surface area contributed by atoms with Crippen LogP contribution in [-0.4, -0.2) is 20.1 Å². The third kappa shape index (κ3) is 4.24. The largest absolute Gasteiger partial charge is 0.497 e. The Hall–Kier alpha value is -2.49. The third-order valence-corrected chi connectivity index (χ3v) is 3.17. The Kier molecular flexibility index (Phi) is 5.21. The van der Waals surface area contributed by atoms with Gasteiger partial charge in [-0.1, -0.05) is 24.3 Å². The van der Waals surface area contributed by atoms with E-state index < -0.39 is 0 Å². The van der Waals surface area contributed by atoms with Gasteiger partial charge < -0.3 is 14.8 Å². The first-order chi connectivity index (χ1) is 10.2. The maximum atomic E-state index is 12.0. The van der Waals surface area contributed by atoms with Crippen molar-refractivity contribution in [2.24, 2.45) is 0 Å². The number of rotatable bonds is 6. The molecule has 1 amide bonds. The summed E-state index contributed by atoms with van der Waals surface area (Å²) < 4.78 is 10.4. The molecular weight excluding hydrogens is 266 g/mol. The Balaban J connectivity index is 1.92. The van der Waals surface area contributed by atoms with Crippen molar-refractivity contribution >= 4 is 11.6 Å². The van der Waals surface area contributed by atoms with E-state index in [1.807, 2.05) is 42.5 Å². The highest BCUT2D eigenvalue weighted by molar-refractivity contribution is 5.91. The number of nitrogens with one attached hydrogen (secondary N) is 1. The maximum Gasteiger partial charge on any atom is 0.224 e. The monoisotopic (exact) mass is 285 g/mol. The molecule has 0 saturated carbocycles. The molecule has 0 saturated heterocycles. The van der Waals surface area contributed by atoms with Gasteiger partial charge in [0, 0.05) is 18.2 Å². The molecule has 0 aliphatic carbocycles. The highest BCUT2D eigenvalue weighted by atomic mass is 16.5. The number of para-hydroxylation sites is 1. The van der Waals surface area contributed by atoms with Gasteiger partial charge >= 0.3 is 0 Å². The topological polar surface area (TPSA) is 47.6 Å². The standard InChI is InChI=1S/C17H19NO3/c1-20-15-8-5-7-14(12-15)18-17(19)11-10-13-6-3-4-9-16(13)21-2/h3-9,12H,10-11H2,1-2H3,(H,18,19). The highest BCUT2D eigenvalue weighted by Gasteiger charge is 2.07. The molecule has 0 heterocycles. The number of hydrogen-bond donors (Lipinski definition) is 1. The van der Waals surface area contributed by atoms with Gasteiger partial charge in [0.25, 0.3) is 0 Å². The van der Waals surface area contributed by atoms with Crippen LogP contribution in [0.4, 0.5) is 5.69 Å². The lowest BCUT2D eigenvalue weighted by molar-refractivity contribution is -0.116. The molecular formula is C17H19NO3. The summed E-state index contributed by atoms with van der Waals surface area (Å²) in [6.07, 6.45) is 1.04. The van der Waals surface area contributed by atoms with E-state index in [0.717, 1.165) is 22.7 Å². The second-order valence-electron chi connectivity index (χ2n) is 4.59. The minimum absolute atomic E-state index is 0.0332. The molecule has 4 nitrogen and oxygen atoms in total. The van der Waals surface area contributed by atoms with E-state index >= 15 is 0 Å². The van der Waals surface area contributed by atoms with Crippen LogP contribution in [0.2, 0.25) is 0 Å². The van der Waals surface area contributed by atoms with E-state index in [0.29, 0.717) is 12.8 Å². The van der Waals surface area contributed by atoms with Gasteiger partial charge in [0.15, 0.2) is 0 Å². The third-order valence-electron chi connectivity index (χ3n) is 3.17. The Morgan fingerprint density at radius 1 is 1.05 bits per heavy atom. The molecule has 1 N–H and O–H groups in total. The molecule has 0 aromatic heterocycles. The number of aryl methyl sites for hydroxylation is 1. The van der Waals surface area contributed by atoms with Crippen LogP contribution < -0.4 is 14.8 Å². The molecule has 0 fully saturated rings. The first kappa shape index (κ1) is 14.9. The second kappa shape index (κ2) is 7.33. The Morgan fingerprint density at radius 3 is 2.62 bits per heavy atom. The summed E-state index contributed by atoms with van der Waals surface area (Å²) >= 11 is 0. The molecule has 0 spiro atoms. The summed E-state index contributed by atoms with van der Waals surface area (Å²) in [5.74, 6) is 1.50. The van der Waals surface area contributed by atoms with Crippen LogP contribution in [0, 0.1) is 0 Å². The number of methoxy groups -OCH3 is 2. The number of ether oxygens (including phenoxy) is 2. The lowest BCUT2D eigenvalue weighted by atomic mass is 10.1. The van der Waals surface area contributed by atoms with Gasteiger partial charge in [0.2, 0.25) is 5.91 Å². The molecule has 110 valence electrons. The fourth-order valence-electron chi connectivity index (χ4n) is 2.08. The normalized spacial score (nSPS) is 10.0. The molecule has 2 rings (SSSR count). The summed E-state index contributed by atoms with van der Waals surface area (Å²) in [6, 6.07) is 15.0. The van der Waals surface area contributed by atoms with Crippen LogP contribution in [0.1, 0.15) is 12.0 Å². The van der Waals surface area contributed by atoms with Gasteiger partial charge in [0.1, 0.15) is 11.5 Å². The predicted molar refractivity (Wildman–Crippen MR) is 82.9 cm³/mol. The molecule has 0 atom stereocenters. The van der Waals surface area contributed by atoms with Crippen molar-refractivity contribution in [3.05, 3.63) is 54.1 Å². The average Bonchev–Trinajstić information content (AvgIpc) is 2.53. The number of anilines is 1. The highest BCUT2D eigenvalue weighted by Crippen LogP contribution is 2.20. The van der Waals surface area contributed by atoms with Crippen molar-refractivity contribution in [3.8, 4) is 11.5 Å². The zero-order valence-corrected chi connectivity index (χ0v) is 12.3. The van der Waals surface area contributed by atoms with Crippen LogP contribution in [-0.2, 0) is 11.2 Å². The summed E-state index contributed by atoms with van der Waals surface area (Å²) in [7, 11) is 3.23. The van der Waals surface area contributed by atoms with Gasteiger partial charge in [-0.2, -0.15) is 0 Å². The summed E-state index contributed by atoms with van der Waals surface area (Å²) in [6.45, 7) is 0. The van der Waals surface area contributed by atoms with Crippen LogP contribution >= 0.6 is 0 Å². The van der Waals surface area contributed by atoms with Gasteiger partial charge in [-0.3, -0.25) is 4.79 Å². The first-order valence-corrected chi connectivity index (χ1v) is 6.78. The Labute approximate surface area is 124 Å². The number of amides is 1. The predicted octanol–water partition coefficient (Wildman–Crippen LogP) is 3.28. The van der Waals surface area contributed by atoms with Crippen molar-refractivity contribution in [2.45, 2.75) is 12.8 Å². The molecule has 4 heteroatoms. The molecule has 0 bridgehead atoms. The van der Waals surface area contributed by atoms with E-state index in [1.165, 1.54) is 0 Å². The van der Waals surface area contributed by atoms with Crippen molar-refractivity contribution in [2.75, 3.05) is 19.5 Å². The number of carbonyl (C=O) groups excluding carboxylic acids is 1. The lowest BCUT2D eigenvalue weighted by Crippen LogP contribution is -2.12. The van der Waals surface area contributed by atoms with Gasteiger partial charge in [-0.15, -0.1) is 0 Å². The van der Waals surface area contributed by atoms with E-state index in [1.54, 1.807) is 20.3 Å². The van der Waals surface area contributed by atoms with Crippen LogP contribution in [0.15, 0.2) is 48.5 Å². The zero-order chi connectivity index (χ0) is 15.1. The zero-order valence-electron chi connectivity index (χ0n) is 12.3. The summed E-state index contributed by atoms with van der Waals surface area (Å²) in [5.41, 5.74) is 1.76. The number of benzene rings is 2. The van der Waals surface area contributed by atoms with Gasteiger partial charge in [-0.05, 0) is 30.2 Å². The van der Waals surface area contributed by atoms with Crippen molar-refractivity contribution in [3.63, 3.8) is 0 Å². The van der Waals surface area contributed by atoms with E-state index in [9.17, 15) is 4.79 Å². The van der Waals surface area contributed by atoms with E-state index in [-0.39, 0.29) is 5.91 Å². The summed E-state index contributed by atoms with van der Waals surface area (Å²) in [5, 5.41) is 2.86. The Bertz CT molecular complexity index is 610. The van der Waals surface area contributed by atoms with Crippen LogP contribution in [0.25, 0.3) is 0 Å². The van der Waals surface area contributed by atoms with Crippen LogP contribution in [0.3, 0.4) is 0 Å². The minimum atomic E-state index is -0.0332. The first-order valence-electron chi connectivity index (χ1n) is 6.78. The molecule has 2 aromatic rings. The SMILES string of the molecule is COc1cccc(NC(=O)CCc2ccccc2OC)c1. The minimum Gasteiger partial charge on any atom is -0.497 e. The Morgan fingerprint density at radius 2 is 1.86 bits per heavy atom. The molecule has 0 aliphatic rings. The van der Waals surface area contributed by atoms with E-state index in [2.05, 4.69) is 5.32 Å². The molecule has 0 aliphatic heterocycles. The molecule has 21 heavy (non-hydrogen) atoms. The van der Waals surface area contributed by atoms with E-state index in [4.69, 9.17) is 9.47 Å². The maximum absolute atomic E-state index is 12.0. The lowest BCUT2D eigenvalue weighted by Gasteiger charge is -2.09. The molecule has 0 unspecified atom stereocenters. The second-order valence-corrected chi connectivity index (χ2v) is 4.59. The van der Waals surface area contributed by atoms with Crippen molar-refractivity contribution in [1.29, 1.82) is 0 Å². The van der Waals surface area contributed by atoms with Crippen molar-refractivity contribution < 1.29 is 14.3 Å². The average molecular weight is 285 g/mol. The molecule has 0 radical (unpaired) electrons. The van der Waals surface area contributed by atoms with Gasteiger partial charge in [-0.25, -0.2) is 0 Å². The number of hydrogen-bond acceptors (Lipinski definition) is 3. The fraction of sp³-hybridized carbons (Fsp3) is 0.235. The summed E-state index contributed by atoms with van der Waals surface area (Å²) in [4.78, 5) is 12.0.